The minimum Gasteiger partial charge on any atom is -0.395 e. The topological polar surface area (TPSA) is 110 Å². The Balaban J connectivity index is 1.99. The number of anilines is 1. The molecule has 0 radical (unpaired) electrons. The quantitative estimate of drug-likeness (QED) is 0.540. The Bertz CT molecular complexity index is 723. The highest BCUT2D eigenvalue weighted by Crippen LogP contribution is 2.51. The first-order valence-corrected chi connectivity index (χ1v) is 8.18. The molecule has 1 aliphatic carbocycles. The second-order valence-electron chi connectivity index (χ2n) is 5.49. The van der Waals surface area contributed by atoms with Crippen molar-refractivity contribution < 1.29 is 10.2 Å². The van der Waals surface area contributed by atoms with Gasteiger partial charge >= 0.3 is 0 Å². The molecule has 22 heavy (non-hydrogen) atoms. The smallest absolute Gasteiger partial charge is 0.223 e. The molecule has 3 rings (SSSR count). The first-order valence-electron chi connectivity index (χ1n) is 7.19. The standard InChI is InChI=1S/C14H19N5O2S/c1-2-3-22-12-10-11(17-13(15)18-12)19(8-16-10)5-9-4-14(9,6-20)7-21/h5,8,20-21H,2-4,6-7H2,1H3,(H2,15,17,18). The zero-order valence-corrected chi connectivity index (χ0v) is 13.2. The van der Waals surface area contributed by atoms with E-state index in [1.165, 1.54) is 0 Å². The van der Waals surface area contributed by atoms with Crippen LogP contribution in [0.15, 0.2) is 16.9 Å². The number of nitrogens with two attached hydrogens (primary N) is 1. The van der Waals surface area contributed by atoms with Gasteiger partial charge in [0, 0.05) is 11.6 Å². The van der Waals surface area contributed by atoms with Crippen LogP contribution in [0.25, 0.3) is 17.4 Å². The molecule has 0 atom stereocenters. The molecular formula is C14H19N5O2S. The fraction of sp³-hybridized carbons (Fsp3) is 0.500. The molecule has 0 saturated heterocycles. The van der Waals surface area contributed by atoms with Crippen LogP contribution in [0.4, 0.5) is 5.95 Å². The lowest BCUT2D eigenvalue weighted by atomic mass is 10.1. The lowest BCUT2D eigenvalue weighted by molar-refractivity contribution is 0.143. The second-order valence-corrected chi connectivity index (χ2v) is 6.57. The third-order valence-electron chi connectivity index (χ3n) is 3.83. The van der Waals surface area contributed by atoms with Gasteiger partial charge in [0.2, 0.25) is 5.95 Å². The van der Waals surface area contributed by atoms with Crippen LogP contribution >= 0.6 is 11.8 Å². The third-order valence-corrected chi connectivity index (χ3v) is 5.01. The summed E-state index contributed by atoms with van der Waals surface area (Å²) in [5.74, 6) is 1.16. The number of nitrogen functional groups attached to an aromatic ring is 1. The van der Waals surface area contributed by atoms with E-state index >= 15 is 0 Å². The molecule has 0 aromatic carbocycles. The van der Waals surface area contributed by atoms with Crippen LogP contribution < -0.4 is 5.73 Å². The summed E-state index contributed by atoms with van der Waals surface area (Å²) in [5, 5.41) is 19.5. The minimum absolute atomic E-state index is 0.0588. The molecule has 2 aromatic heterocycles. The number of hydrogen-bond acceptors (Lipinski definition) is 7. The molecule has 0 bridgehead atoms. The summed E-state index contributed by atoms with van der Waals surface area (Å²) < 4.78 is 1.78. The molecule has 0 aliphatic heterocycles. The Kier molecular flexibility index (Phi) is 4.07. The van der Waals surface area contributed by atoms with Crippen molar-refractivity contribution in [1.29, 1.82) is 0 Å². The zero-order chi connectivity index (χ0) is 15.7. The van der Waals surface area contributed by atoms with Crippen molar-refractivity contribution in [2.75, 3.05) is 24.7 Å². The van der Waals surface area contributed by atoms with Crippen molar-refractivity contribution in [3.05, 3.63) is 11.9 Å². The molecule has 8 heteroatoms. The van der Waals surface area contributed by atoms with Gasteiger partial charge in [0.1, 0.15) is 16.9 Å². The van der Waals surface area contributed by atoms with Crippen molar-refractivity contribution in [1.82, 2.24) is 19.5 Å². The molecule has 1 fully saturated rings. The largest absolute Gasteiger partial charge is 0.395 e. The molecule has 1 saturated carbocycles. The van der Waals surface area contributed by atoms with E-state index in [9.17, 15) is 10.2 Å². The van der Waals surface area contributed by atoms with Crippen LogP contribution in [0.5, 0.6) is 0 Å². The van der Waals surface area contributed by atoms with E-state index in [1.807, 2.05) is 6.20 Å². The molecule has 118 valence electrons. The summed E-state index contributed by atoms with van der Waals surface area (Å²) >= 11 is 1.61. The zero-order valence-electron chi connectivity index (χ0n) is 12.4. The maximum atomic E-state index is 9.38. The van der Waals surface area contributed by atoms with Gasteiger partial charge in [0.25, 0.3) is 0 Å². The number of aliphatic hydroxyl groups is 2. The number of hydrogen-bond donors (Lipinski definition) is 3. The van der Waals surface area contributed by atoms with Crippen molar-refractivity contribution in [3.8, 4) is 0 Å². The van der Waals surface area contributed by atoms with Crippen LogP contribution in [0.1, 0.15) is 19.8 Å². The first-order chi connectivity index (χ1) is 10.6. The predicted molar refractivity (Wildman–Crippen MR) is 86.2 cm³/mol. The van der Waals surface area contributed by atoms with Crippen LogP contribution in [0.3, 0.4) is 0 Å². The van der Waals surface area contributed by atoms with Gasteiger partial charge in [0.05, 0.1) is 13.2 Å². The highest BCUT2D eigenvalue weighted by Gasteiger charge is 2.48. The summed E-state index contributed by atoms with van der Waals surface area (Å²) in [6.07, 6.45) is 5.25. The van der Waals surface area contributed by atoms with Crippen molar-refractivity contribution in [2.45, 2.75) is 24.8 Å². The van der Waals surface area contributed by atoms with Crippen LogP contribution in [0, 0.1) is 5.41 Å². The van der Waals surface area contributed by atoms with E-state index in [0.29, 0.717) is 12.1 Å². The highest BCUT2D eigenvalue weighted by molar-refractivity contribution is 7.99. The highest BCUT2D eigenvalue weighted by atomic mass is 32.2. The molecule has 7 nitrogen and oxygen atoms in total. The van der Waals surface area contributed by atoms with Gasteiger partial charge in [-0.1, -0.05) is 6.92 Å². The number of thioether (sulfide) groups is 1. The van der Waals surface area contributed by atoms with Crippen molar-refractivity contribution in [2.24, 2.45) is 5.41 Å². The summed E-state index contributed by atoms with van der Waals surface area (Å²) in [5.41, 5.74) is 7.67. The van der Waals surface area contributed by atoms with Crippen LogP contribution in [-0.4, -0.2) is 48.7 Å². The molecule has 2 aromatic rings. The Labute approximate surface area is 132 Å². The number of aliphatic hydroxyl groups excluding tert-OH is 2. The maximum Gasteiger partial charge on any atom is 0.223 e. The molecule has 4 N–H and O–H groups in total. The van der Waals surface area contributed by atoms with E-state index < -0.39 is 5.41 Å². The van der Waals surface area contributed by atoms with Gasteiger partial charge in [-0.15, -0.1) is 11.8 Å². The fourth-order valence-electron chi connectivity index (χ4n) is 2.34. The number of fused-ring (bicyclic) bond motifs is 1. The van der Waals surface area contributed by atoms with E-state index in [-0.39, 0.29) is 19.2 Å². The molecule has 2 heterocycles. The van der Waals surface area contributed by atoms with Gasteiger partial charge in [-0.3, -0.25) is 4.57 Å². The summed E-state index contributed by atoms with van der Waals surface area (Å²) in [7, 11) is 0. The number of nitrogens with zero attached hydrogens (tertiary/aromatic N) is 4. The molecule has 0 spiro atoms. The van der Waals surface area contributed by atoms with E-state index in [1.54, 1.807) is 22.7 Å². The normalized spacial score (nSPS) is 18.2. The van der Waals surface area contributed by atoms with E-state index in [2.05, 4.69) is 21.9 Å². The number of imidazole rings is 1. The average Bonchev–Trinajstić information content (AvgIpc) is 3.09. The van der Waals surface area contributed by atoms with Crippen LogP contribution in [-0.2, 0) is 0 Å². The van der Waals surface area contributed by atoms with Gasteiger partial charge in [-0.05, 0) is 24.2 Å². The van der Waals surface area contributed by atoms with E-state index in [4.69, 9.17) is 5.73 Å². The summed E-state index contributed by atoms with van der Waals surface area (Å²) in [4.78, 5) is 12.9. The lowest BCUT2D eigenvalue weighted by Crippen LogP contribution is -2.12. The van der Waals surface area contributed by atoms with Gasteiger partial charge in [-0.25, -0.2) is 9.97 Å². The Hall–Kier alpha value is -1.64. The minimum atomic E-state index is -0.491. The molecule has 0 unspecified atom stereocenters. The van der Waals surface area contributed by atoms with Gasteiger partial charge in [0.15, 0.2) is 5.65 Å². The Morgan fingerprint density at radius 3 is 2.82 bits per heavy atom. The Morgan fingerprint density at radius 2 is 2.18 bits per heavy atom. The third kappa shape index (κ3) is 2.57. The van der Waals surface area contributed by atoms with Gasteiger partial charge in [-0.2, -0.15) is 4.98 Å². The van der Waals surface area contributed by atoms with E-state index in [0.717, 1.165) is 28.3 Å². The second kappa shape index (κ2) is 5.86. The van der Waals surface area contributed by atoms with Crippen LogP contribution in [0.2, 0.25) is 0 Å². The lowest BCUT2D eigenvalue weighted by Gasteiger charge is -2.05. The maximum absolute atomic E-state index is 9.38. The summed E-state index contributed by atoms with van der Waals surface area (Å²) in [6.45, 7) is 1.99. The SMILES string of the molecule is CCCSc1nc(N)nc2c1ncn2C=C1CC1(CO)CO. The Morgan fingerprint density at radius 1 is 1.41 bits per heavy atom. The van der Waals surface area contributed by atoms with Crippen molar-refractivity contribution >= 4 is 35.1 Å². The average molecular weight is 321 g/mol. The fourth-order valence-corrected chi connectivity index (χ4v) is 3.17. The molecule has 0 amide bonds. The first kappa shape index (κ1) is 15.3. The van der Waals surface area contributed by atoms with Crippen molar-refractivity contribution in [3.63, 3.8) is 0 Å². The number of aromatic nitrogens is 4. The monoisotopic (exact) mass is 321 g/mol. The molecular weight excluding hydrogens is 302 g/mol. The van der Waals surface area contributed by atoms with Gasteiger partial charge < -0.3 is 15.9 Å². The molecule has 1 aliphatic rings. The summed E-state index contributed by atoms with van der Waals surface area (Å²) in [6, 6.07) is 0. The predicted octanol–water partition coefficient (Wildman–Crippen LogP) is 1.13. The number of rotatable bonds is 6.